The number of carbonyl (C=O) groups excluding carboxylic acids is 1. The number of rotatable bonds is 3. The standard InChI is InChI=1S/C6H11NO2S2/c1-2-9-7-5(8)6-10-3-4-11-6/h6H,2-4H2,1H3,(H,7,8). The molecule has 1 amide bonds. The second kappa shape index (κ2) is 4.90. The van der Waals surface area contributed by atoms with Crippen molar-refractivity contribution in [1.82, 2.24) is 5.48 Å². The first-order valence-electron chi connectivity index (χ1n) is 3.49. The zero-order chi connectivity index (χ0) is 8.10. The number of hydroxylamine groups is 1. The van der Waals surface area contributed by atoms with Crippen LogP contribution in [0.15, 0.2) is 0 Å². The summed E-state index contributed by atoms with van der Waals surface area (Å²) in [5.41, 5.74) is 2.39. The van der Waals surface area contributed by atoms with Crippen LogP contribution < -0.4 is 5.48 Å². The minimum Gasteiger partial charge on any atom is -0.274 e. The van der Waals surface area contributed by atoms with Crippen LogP contribution in [0.4, 0.5) is 0 Å². The lowest BCUT2D eigenvalue weighted by Crippen LogP contribution is -2.29. The molecular weight excluding hydrogens is 182 g/mol. The summed E-state index contributed by atoms with van der Waals surface area (Å²) in [5.74, 6) is 2.11. The molecule has 0 bridgehead atoms. The van der Waals surface area contributed by atoms with Crippen LogP contribution in [0.1, 0.15) is 6.92 Å². The Hall–Kier alpha value is 0.130. The Morgan fingerprint density at radius 2 is 2.27 bits per heavy atom. The third-order valence-corrected chi connectivity index (χ3v) is 4.14. The van der Waals surface area contributed by atoms with E-state index in [1.54, 1.807) is 23.5 Å². The zero-order valence-corrected chi connectivity index (χ0v) is 7.96. The molecular formula is C6H11NO2S2. The van der Waals surface area contributed by atoms with Crippen molar-refractivity contribution in [3.63, 3.8) is 0 Å². The smallest absolute Gasteiger partial charge is 0.266 e. The summed E-state index contributed by atoms with van der Waals surface area (Å²) in [6.07, 6.45) is 0. The molecule has 0 spiro atoms. The average molecular weight is 193 g/mol. The molecule has 0 atom stereocenters. The van der Waals surface area contributed by atoms with Gasteiger partial charge in [-0.1, -0.05) is 0 Å². The van der Waals surface area contributed by atoms with E-state index in [0.29, 0.717) is 6.61 Å². The second-order valence-corrected chi connectivity index (χ2v) is 4.70. The molecule has 5 heteroatoms. The lowest BCUT2D eigenvalue weighted by Gasteiger charge is -2.07. The van der Waals surface area contributed by atoms with E-state index < -0.39 is 0 Å². The van der Waals surface area contributed by atoms with Crippen molar-refractivity contribution in [2.45, 2.75) is 11.5 Å². The van der Waals surface area contributed by atoms with E-state index in [1.165, 1.54) is 0 Å². The normalized spacial score (nSPS) is 18.6. The summed E-state index contributed by atoms with van der Waals surface area (Å²) < 4.78 is 0.0431. The molecule has 1 saturated heterocycles. The van der Waals surface area contributed by atoms with Crippen molar-refractivity contribution in [2.24, 2.45) is 0 Å². The molecule has 0 radical (unpaired) electrons. The minimum atomic E-state index is -0.0145. The highest BCUT2D eigenvalue weighted by Gasteiger charge is 2.23. The van der Waals surface area contributed by atoms with Crippen LogP contribution in [-0.2, 0) is 9.63 Å². The third kappa shape index (κ3) is 2.92. The van der Waals surface area contributed by atoms with Gasteiger partial charge in [-0.05, 0) is 6.92 Å². The molecule has 1 aliphatic rings. The Labute approximate surface area is 74.6 Å². The summed E-state index contributed by atoms with van der Waals surface area (Å²) in [7, 11) is 0. The Bertz CT molecular complexity index is 137. The van der Waals surface area contributed by atoms with Gasteiger partial charge in [0.25, 0.3) is 5.91 Å². The molecule has 0 saturated carbocycles. The molecule has 0 aromatic heterocycles. The lowest BCUT2D eigenvalue weighted by atomic mass is 10.7. The van der Waals surface area contributed by atoms with Crippen molar-refractivity contribution in [3.05, 3.63) is 0 Å². The molecule has 1 rings (SSSR count). The Morgan fingerprint density at radius 3 is 2.82 bits per heavy atom. The molecule has 3 nitrogen and oxygen atoms in total. The van der Waals surface area contributed by atoms with Gasteiger partial charge in [0.1, 0.15) is 4.58 Å². The summed E-state index contributed by atoms with van der Waals surface area (Å²) in [6, 6.07) is 0. The Balaban J connectivity index is 2.17. The van der Waals surface area contributed by atoms with E-state index in [0.717, 1.165) is 11.5 Å². The zero-order valence-electron chi connectivity index (χ0n) is 6.33. The molecule has 0 unspecified atom stereocenters. The fraction of sp³-hybridized carbons (Fsp3) is 0.833. The molecule has 0 aromatic carbocycles. The predicted molar refractivity (Wildman–Crippen MR) is 48.5 cm³/mol. The van der Waals surface area contributed by atoms with E-state index >= 15 is 0 Å². The summed E-state index contributed by atoms with van der Waals surface area (Å²) >= 11 is 3.34. The monoisotopic (exact) mass is 193 g/mol. The molecule has 0 aliphatic carbocycles. The van der Waals surface area contributed by atoms with Crippen LogP contribution in [-0.4, -0.2) is 28.6 Å². The van der Waals surface area contributed by atoms with Crippen LogP contribution in [0.2, 0.25) is 0 Å². The van der Waals surface area contributed by atoms with Crippen molar-refractivity contribution < 1.29 is 9.63 Å². The van der Waals surface area contributed by atoms with Crippen LogP contribution in [0, 0.1) is 0 Å². The first-order chi connectivity index (χ1) is 5.34. The SMILES string of the molecule is CCONC(=O)C1SCCS1. The largest absolute Gasteiger partial charge is 0.274 e. The number of carbonyl (C=O) groups is 1. The van der Waals surface area contributed by atoms with Crippen LogP contribution in [0.5, 0.6) is 0 Å². The fourth-order valence-corrected chi connectivity index (χ4v) is 3.26. The van der Waals surface area contributed by atoms with E-state index in [1.807, 2.05) is 6.92 Å². The Morgan fingerprint density at radius 1 is 1.64 bits per heavy atom. The van der Waals surface area contributed by atoms with Gasteiger partial charge in [0, 0.05) is 11.5 Å². The number of hydrogen-bond acceptors (Lipinski definition) is 4. The number of nitrogens with one attached hydrogen (secondary N) is 1. The Kier molecular flexibility index (Phi) is 4.11. The summed E-state index contributed by atoms with van der Waals surface area (Å²) in [4.78, 5) is 15.9. The molecule has 1 heterocycles. The van der Waals surface area contributed by atoms with E-state index in [2.05, 4.69) is 5.48 Å². The maximum Gasteiger partial charge on any atom is 0.266 e. The highest BCUT2D eigenvalue weighted by atomic mass is 32.2. The molecule has 0 aromatic rings. The van der Waals surface area contributed by atoms with Gasteiger partial charge >= 0.3 is 0 Å². The first kappa shape index (κ1) is 9.22. The second-order valence-electron chi connectivity index (χ2n) is 1.97. The van der Waals surface area contributed by atoms with Gasteiger partial charge in [-0.25, -0.2) is 5.48 Å². The van der Waals surface area contributed by atoms with Crippen LogP contribution in [0.3, 0.4) is 0 Å². The highest BCUT2D eigenvalue weighted by molar-refractivity contribution is 8.21. The van der Waals surface area contributed by atoms with Gasteiger partial charge in [0.15, 0.2) is 0 Å². The molecule has 1 N–H and O–H groups in total. The van der Waals surface area contributed by atoms with Gasteiger partial charge in [0.2, 0.25) is 0 Å². The number of hydrogen-bond donors (Lipinski definition) is 1. The highest BCUT2D eigenvalue weighted by Crippen LogP contribution is 2.31. The van der Waals surface area contributed by atoms with Crippen molar-refractivity contribution in [3.8, 4) is 0 Å². The van der Waals surface area contributed by atoms with E-state index in [4.69, 9.17) is 4.84 Å². The maximum absolute atomic E-state index is 11.1. The fourth-order valence-electron chi connectivity index (χ4n) is 0.701. The minimum absolute atomic E-state index is 0.0145. The van der Waals surface area contributed by atoms with Crippen molar-refractivity contribution >= 4 is 29.4 Å². The van der Waals surface area contributed by atoms with Crippen LogP contribution >= 0.6 is 23.5 Å². The van der Waals surface area contributed by atoms with Gasteiger partial charge in [-0.15, -0.1) is 23.5 Å². The predicted octanol–water partition coefficient (Wildman–Crippen LogP) is 0.860. The third-order valence-electron chi connectivity index (χ3n) is 1.15. The molecule has 11 heavy (non-hydrogen) atoms. The molecule has 64 valence electrons. The van der Waals surface area contributed by atoms with Crippen LogP contribution in [0.25, 0.3) is 0 Å². The number of thioether (sulfide) groups is 2. The number of amides is 1. The summed E-state index contributed by atoms with van der Waals surface area (Å²) in [5, 5.41) is 0. The first-order valence-corrected chi connectivity index (χ1v) is 5.59. The van der Waals surface area contributed by atoms with Gasteiger partial charge < -0.3 is 0 Å². The van der Waals surface area contributed by atoms with E-state index in [-0.39, 0.29) is 10.5 Å². The lowest BCUT2D eigenvalue weighted by molar-refractivity contribution is -0.131. The summed E-state index contributed by atoms with van der Waals surface area (Å²) in [6.45, 7) is 2.36. The van der Waals surface area contributed by atoms with Gasteiger partial charge in [0.05, 0.1) is 6.61 Å². The van der Waals surface area contributed by atoms with Gasteiger partial charge in [-0.2, -0.15) is 0 Å². The van der Waals surface area contributed by atoms with Crippen molar-refractivity contribution in [2.75, 3.05) is 18.1 Å². The quantitative estimate of drug-likeness (QED) is 0.675. The molecule has 1 aliphatic heterocycles. The van der Waals surface area contributed by atoms with Gasteiger partial charge in [-0.3, -0.25) is 9.63 Å². The molecule has 1 fully saturated rings. The average Bonchev–Trinajstić information content (AvgIpc) is 2.52. The maximum atomic E-state index is 11.1. The van der Waals surface area contributed by atoms with Crippen molar-refractivity contribution in [1.29, 1.82) is 0 Å². The van der Waals surface area contributed by atoms with E-state index in [9.17, 15) is 4.79 Å². The topological polar surface area (TPSA) is 38.3 Å².